The third kappa shape index (κ3) is 5.31. The molecule has 3 saturated heterocycles. The Morgan fingerprint density at radius 1 is 1.24 bits per heavy atom. The van der Waals surface area contributed by atoms with E-state index in [-0.39, 0.29) is 19.1 Å². The van der Waals surface area contributed by atoms with Crippen LogP contribution in [-0.4, -0.2) is 65.2 Å². The fourth-order valence-electron chi connectivity index (χ4n) is 3.11. The van der Waals surface area contributed by atoms with Crippen LogP contribution in [0.3, 0.4) is 0 Å². The summed E-state index contributed by atoms with van der Waals surface area (Å²) in [5.74, 6) is 0.230. The predicted molar refractivity (Wildman–Crippen MR) is 94.6 cm³/mol. The average Bonchev–Trinajstić information content (AvgIpc) is 3.10. The molecule has 7 unspecified atom stereocenters. The molecular formula is C12H22O9P2S2. The van der Waals surface area contributed by atoms with Gasteiger partial charge >= 0.3 is 16.4 Å². The molecule has 3 heterocycles. The summed E-state index contributed by atoms with van der Waals surface area (Å²) < 4.78 is 44.7. The lowest BCUT2D eigenvalue weighted by Gasteiger charge is -2.24. The molecule has 9 nitrogen and oxygen atoms in total. The lowest BCUT2D eigenvalue weighted by Crippen LogP contribution is -2.30. The summed E-state index contributed by atoms with van der Waals surface area (Å²) in [6, 6.07) is 0. The Bertz CT molecular complexity index is 501. The van der Waals surface area contributed by atoms with Crippen molar-refractivity contribution in [2.75, 3.05) is 25.6 Å². The van der Waals surface area contributed by atoms with E-state index in [2.05, 4.69) is 25.3 Å². The number of fused-ring (bicyclic) bond motifs is 3. The summed E-state index contributed by atoms with van der Waals surface area (Å²) in [6.07, 6.45) is -1.24. The van der Waals surface area contributed by atoms with Gasteiger partial charge in [-0.3, -0.25) is 9.05 Å². The highest BCUT2D eigenvalue weighted by Gasteiger charge is 2.48. The Morgan fingerprint density at radius 2 is 2.04 bits per heavy atom. The molecule has 2 bridgehead atoms. The van der Waals surface area contributed by atoms with Gasteiger partial charge in [-0.1, -0.05) is 0 Å². The molecule has 3 aliphatic rings. The fourth-order valence-corrected chi connectivity index (χ4v) is 5.72. The quantitative estimate of drug-likeness (QED) is 0.378. The van der Waals surface area contributed by atoms with Crippen LogP contribution >= 0.6 is 41.7 Å². The van der Waals surface area contributed by atoms with Crippen LogP contribution in [0.1, 0.15) is 12.8 Å². The van der Waals surface area contributed by atoms with Gasteiger partial charge in [-0.2, -0.15) is 12.6 Å². The Balaban J connectivity index is 1.78. The van der Waals surface area contributed by atoms with Gasteiger partial charge in [0.2, 0.25) is 0 Å². The number of ether oxygens (including phenoxy) is 2. The van der Waals surface area contributed by atoms with Gasteiger partial charge < -0.3 is 28.3 Å². The third-order valence-electron chi connectivity index (χ3n) is 4.34. The van der Waals surface area contributed by atoms with Gasteiger partial charge in [0.25, 0.3) is 0 Å². The molecule has 3 rings (SSSR count). The lowest BCUT2D eigenvalue weighted by atomic mass is 9.96. The van der Waals surface area contributed by atoms with Crippen LogP contribution < -0.4 is 0 Å². The molecule has 3 aliphatic heterocycles. The topological polar surface area (TPSA) is 113 Å². The lowest BCUT2D eigenvalue weighted by molar-refractivity contribution is -0.0105. The first-order valence-electron chi connectivity index (χ1n) is 7.90. The first kappa shape index (κ1) is 20.8. The van der Waals surface area contributed by atoms with Crippen LogP contribution in [0, 0.1) is 5.92 Å². The number of phosphoric acid groups is 1. The van der Waals surface area contributed by atoms with Gasteiger partial charge in [0, 0.05) is 18.9 Å². The van der Waals surface area contributed by atoms with E-state index in [9.17, 15) is 14.4 Å². The number of rotatable bonds is 2. The second-order valence-electron chi connectivity index (χ2n) is 5.95. The normalized spacial score (nSPS) is 49.0. The molecule has 0 aromatic heterocycles. The fraction of sp³-hybridized carbons (Fsp3) is 1.00. The maximum atomic E-state index is 12.3. The maximum Gasteiger partial charge on any atom is 0.472 e. The van der Waals surface area contributed by atoms with Gasteiger partial charge in [0.1, 0.15) is 17.6 Å². The van der Waals surface area contributed by atoms with Crippen molar-refractivity contribution >= 4 is 41.7 Å². The second kappa shape index (κ2) is 9.03. The molecule has 0 spiro atoms. The van der Waals surface area contributed by atoms with E-state index in [1.807, 2.05) is 0 Å². The maximum absolute atomic E-state index is 12.3. The van der Waals surface area contributed by atoms with Crippen LogP contribution in [0.15, 0.2) is 0 Å². The molecular weight excluding hydrogens is 414 g/mol. The molecule has 0 radical (unpaired) electrons. The monoisotopic (exact) mass is 436 g/mol. The zero-order chi connectivity index (χ0) is 18.0. The Hall–Kier alpha value is 1.04. The number of hydrogen-bond acceptors (Lipinski definition) is 10. The molecule has 0 amide bonds. The van der Waals surface area contributed by atoms with Gasteiger partial charge in [-0.25, -0.2) is 4.57 Å². The molecule has 0 aliphatic carbocycles. The van der Waals surface area contributed by atoms with Gasteiger partial charge in [0.05, 0.1) is 25.4 Å². The molecule has 25 heavy (non-hydrogen) atoms. The minimum absolute atomic E-state index is 0.0480. The van der Waals surface area contributed by atoms with E-state index >= 15 is 0 Å². The standard InChI is InChI=1S/C12H22O9P2S2/c13-22-17-5-9-7(2-4-24)11(12(25)19-9)21-23(14,15)18-6-10-8(20-22)1-3-16-10/h7-13,24-25H,1-6H2,(H,14,15)/t7?,8-,9?,10?,11?,12?,22?/m1/s1. The molecule has 0 saturated carbocycles. The van der Waals surface area contributed by atoms with Crippen LogP contribution in [0.5, 0.6) is 0 Å². The summed E-state index contributed by atoms with van der Waals surface area (Å²) in [6.45, 7) is 0.245. The van der Waals surface area contributed by atoms with Gasteiger partial charge in [-0.05, 0) is 12.2 Å². The highest BCUT2D eigenvalue weighted by molar-refractivity contribution is 7.80. The van der Waals surface area contributed by atoms with Gasteiger partial charge in [-0.15, -0.1) is 12.6 Å². The van der Waals surface area contributed by atoms with Crippen molar-refractivity contribution in [2.24, 2.45) is 5.92 Å². The minimum atomic E-state index is -4.35. The van der Waals surface area contributed by atoms with Crippen molar-refractivity contribution in [3.63, 3.8) is 0 Å². The van der Waals surface area contributed by atoms with Crippen molar-refractivity contribution < 1.29 is 41.9 Å². The molecule has 8 atom stereocenters. The van der Waals surface area contributed by atoms with E-state index in [1.165, 1.54) is 0 Å². The van der Waals surface area contributed by atoms with E-state index in [4.69, 9.17) is 27.6 Å². The van der Waals surface area contributed by atoms with E-state index in [1.54, 1.807) is 0 Å². The number of phosphoric ester groups is 1. The van der Waals surface area contributed by atoms with E-state index in [0.29, 0.717) is 25.2 Å². The van der Waals surface area contributed by atoms with Crippen molar-refractivity contribution in [1.82, 2.24) is 0 Å². The number of hydrogen-bond donors (Lipinski definition) is 4. The van der Waals surface area contributed by atoms with Crippen LogP contribution in [0.2, 0.25) is 0 Å². The van der Waals surface area contributed by atoms with E-state index < -0.39 is 46.3 Å². The molecule has 13 heteroatoms. The molecule has 2 N–H and O–H groups in total. The number of thiol groups is 2. The largest absolute Gasteiger partial charge is 0.472 e. The summed E-state index contributed by atoms with van der Waals surface area (Å²) >= 11 is 8.51. The van der Waals surface area contributed by atoms with Crippen LogP contribution in [-0.2, 0) is 32.1 Å². The summed E-state index contributed by atoms with van der Waals surface area (Å²) in [4.78, 5) is 20.1. The van der Waals surface area contributed by atoms with Crippen molar-refractivity contribution in [1.29, 1.82) is 0 Å². The van der Waals surface area contributed by atoms with Crippen LogP contribution in [0.4, 0.5) is 0 Å². The summed E-state index contributed by atoms with van der Waals surface area (Å²) in [5, 5.41) is 0. The zero-order valence-electron chi connectivity index (χ0n) is 13.2. The van der Waals surface area contributed by atoms with Crippen molar-refractivity contribution in [2.45, 2.75) is 42.7 Å². The molecule has 0 aromatic rings. The summed E-state index contributed by atoms with van der Waals surface area (Å²) in [7, 11) is -6.49. The Kier molecular flexibility index (Phi) is 7.50. The van der Waals surface area contributed by atoms with Crippen molar-refractivity contribution in [3.8, 4) is 0 Å². The van der Waals surface area contributed by atoms with Crippen molar-refractivity contribution in [3.05, 3.63) is 0 Å². The third-order valence-corrected chi connectivity index (χ3v) is 6.82. The molecule has 0 aromatic carbocycles. The second-order valence-corrected chi connectivity index (χ2v) is 9.26. The summed E-state index contributed by atoms with van der Waals surface area (Å²) in [5.41, 5.74) is -0.730. The first-order valence-corrected chi connectivity index (χ1v) is 11.7. The predicted octanol–water partition coefficient (Wildman–Crippen LogP) is 1.50. The average molecular weight is 436 g/mol. The first-order chi connectivity index (χ1) is 11.9. The highest BCUT2D eigenvalue weighted by Crippen LogP contribution is 2.51. The molecule has 3 fully saturated rings. The Morgan fingerprint density at radius 3 is 2.80 bits per heavy atom. The van der Waals surface area contributed by atoms with E-state index in [0.717, 1.165) is 0 Å². The zero-order valence-corrected chi connectivity index (χ0v) is 16.8. The van der Waals surface area contributed by atoms with Crippen LogP contribution in [0.25, 0.3) is 0 Å². The minimum Gasteiger partial charge on any atom is -0.373 e. The Labute approximate surface area is 158 Å². The highest BCUT2D eigenvalue weighted by atomic mass is 32.1. The SMILES string of the molecule is O=P1(O)OCC2OCC[C@H]2OP(O)OCC2OC(S)C(O1)C2CCS. The van der Waals surface area contributed by atoms with Gasteiger partial charge in [0.15, 0.2) is 0 Å². The molecule has 146 valence electrons. The smallest absolute Gasteiger partial charge is 0.373 e.